The molecule has 0 amide bonds. The Kier molecular flexibility index (Phi) is 18.7. The molecule has 0 spiro atoms. The molecule has 0 aliphatic rings. The van der Waals surface area contributed by atoms with Crippen LogP contribution in [0.1, 0.15) is 0 Å². The van der Waals surface area contributed by atoms with Crippen molar-refractivity contribution in [1.82, 2.24) is 29.1 Å². The zero-order chi connectivity index (χ0) is 49.0. The lowest BCUT2D eigenvalue weighted by Gasteiger charge is -2.22. The molecule has 30 heteroatoms. The van der Waals surface area contributed by atoms with Gasteiger partial charge in [0.25, 0.3) is 30.1 Å². The Hall–Kier alpha value is -5.52. The van der Waals surface area contributed by atoms with Crippen LogP contribution in [0.2, 0.25) is 15.1 Å². The van der Waals surface area contributed by atoms with Gasteiger partial charge in [0, 0.05) is 70.3 Å². The molecule has 66 heavy (non-hydrogen) atoms. The van der Waals surface area contributed by atoms with Gasteiger partial charge in [0.2, 0.25) is 0 Å². The van der Waals surface area contributed by atoms with Crippen LogP contribution in [0, 0.1) is 34.9 Å². The summed E-state index contributed by atoms with van der Waals surface area (Å²) in [6.07, 6.45) is 7.83. The molecule has 0 aliphatic heterocycles. The third-order valence-corrected chi connectivity index (χ3v) is 12.9. The lowest BCUT2D eigenvalue weighted by molar-refractivity contribution is 0.126. The Morgan fingerprint density at radius 2 is 1.12 bits per heavy atom. The van der Waals surface area contributed by atoms with Crippen molar-refractivity contribution in [2.24, 2.45) is 8.80 Å². The predicted octanol–water partition coefficient (Wildman–Crippen LogP) is 5.62. The molecule has 6 rings (SSSR count). The summed E-state index contributed by atoms with van der Waals surface area (Å²) in [4.78, 5) is 12.6. The Labute approximate surface area is 386 Å². The van der Waals surface area contributed by atoms with Crippen molar-refractivity contribution in [2.45, 2.75) is 28.1 Å². The molecule has 3 aromatic heterocycles. The lowest BCUT2D eigenvalue weighted by atomic mass is 10.3. The molecule has 0 unspecified atom stereocenters. The summed E-state index contributed by atoms with van der Waals surface area (Å²) in [7, 11) is -9.09. The molecule has 354 valence electrons. The molecule has 0 saturated heterocycles. The van der Waals surface area contributed by atoms with Crippen molar-refractivity contribution in [3.8, 4) is 0 Å². The Morgan fingerprint density at radius 1 is 0.606 bits per heavy atom. The summed E-state index contributed by atoms with van der Waals surface area (Å²) in [5.41, 5.74) is -0.191. The van der Waals surface area contributed by atoms with E-state index in [2.05, 4.69) is 28.7 Å². The van der Waals surface area contributed by atoms with Crippen molar-refractivity contribution >= 4 is 70.7 Å². The second-order valence-electron chi connectivity index (χ2n) is 12.2. The van der Waals surface area contributed by atoms with Crippen LogP contribution in [0.25, 0.3) is 0 Å². The first-order valence-electron chi connectivity index (χ1n) is 17.4. The number of benzene rings is 3. The molecule has 0 radical (unpaired) electrons. The van der Waals surface area contributed by atoms with E-state index in [1.807, 2.05) is 0 Å². The second-order valence-corrected chi connectivity index (χ2v) is 18.4. The summed E-state index contributed by atoms with van der Waals surface area (Å²) in [6.45, 7) is -0.204. The summed E-state index contributed by atoms with van der Waals surface area (Å²) in [6, 6.07) is 7.13. The number of nitrogens with zero attached hydrogens (tertiary/aromatic N) is 9. The van der Waals surface area contributed by atoms with Gasteiger partial charge in [0.15, 0.2) is 11.0 Å². The molecule has 0 bridgehead atoms. The van der Waals surface area contributed by atoms with Gasteiger partial charge in [0.1, 0.15) is 81.9 Å². The van der Waals surface area contributed by atoms with E-state index in [1.54, 1.807) is 0 Å². The van der Waals surface area contributed by atoms with Crippen LogP contribution >= 0.6 is 34.8 Å². The smallest absolute Gasteiger partial charge is 0.287 e. The number of hydrogen-bond donors (Lipinski definition) is 0. The fourth-order valence-corrected chi connectivity index (χ4v) is 8.94. The molecular formula is C36H30Cl3F6N9O9S3. The largest absolute Gasteiger partial charge is 0.364 e. The Bertz CT molecular complexity index is 3160. The van der Waals surface area contributed by atoms with Gasteiger partial charge < -0.3 is 18.8 Å². The number of anilines is 1. The maximum Gasteiger partial charge on any atom is 0.287 e. The van der Waals surface area contributed by atoms with Crippen molar-refractivity contribution in [3.05, 3.63) is 153 Å². The first-order chi connectivity index (χ1) is 31.1. The number of sulfonamides is 3. The van der Waals surface area contributed by atoms with E-state index >= 15 is 0 Å². The van der Waals surface area contributed by atoms with Gasteiger partial charge in [-0.05, 0) is 24.3 Å². The Balaban J connectivity index is 0.000000216. The van der Waals surface area contributed by atoms with Crippen LogP contribution in [0.4, 0.5) is 32.2 Å². The monoisotopic (exact) mass is 1050 g/mol. The van der Waals surface area contributed by atoms with Crippen molar-refractivity contribution in [3.63, 3.8) is 0 Å². The van der Waals surface area contributed by atoms with Crippen LogP contribution in [0.5, 0.6) is 0 Å². The van der Waals surface area contributed by atoms with Crippen molar-refractivity contribution in [1.29, 1.82) is 0 Å². The quantitative estimate of drug-likeness (QED) is 0.0780. The molecule has 3 heterocycles. The van der Waals surface area contributed by atoms with Gasteiger partial charge in [0.05, 0.1) is 27.7 Å². The highest BCUT2D eigenvalue weighted by Crippen LogP contribution is 2.28. The van der Waals surface area contributed by atoms with Crippen LogP contribution in [-0.4, -0.2) is 82.4 Å². The van der Waals surface area contributed by atoms with E-state index in [9.17, 15) is 51.6 Å². The minimum Gasteiger partial charge on any atom is -0.364 e. The van der Waals surface area contributed by atoms with Gasteiger partial charge in [-0.15, -0.1) is 8.80 Å². The minimum absolute atomic E-state index is 0.00511. The zero-order valence-corrected chi connectivity index (χ0v) is 38.3. The number of rotatable bonds is 13. The van der Waals surface area contributed by atoms with Crippen LogP contribution in [-0.2, 0) is 57.7 Å². The van der Waals surface area contributed by atoms with Gasteiger partial charge >= 0.3 is 0 Å². The zero-order valence-electron chi connectivity index (χ0n) is 33.6. The molecule has 0 aliphatic carbocycles. The van der Waals surface area contributed by atoms with E-state index in [4.69, 9.17) is 49.0 Å². The molecule has 3 aromatic carbocycles. The third-order valence-electron chi connectivity index (χ3n) is 7.65. The minimum atomic E-state index is -4.43. The van der Waals surface area contributed by atoms with Crippen LogP contribution in [0.15, 0.2) is 116 Å². The SMILES string of the molecule is COCN(c1ccncn1)S(=O)(=O)c1cc(Cl)c(F)cc1F.COCn1ccc(=NS(=O)(=O)c2cc(Cl)c(F)cc2F)nc1.COCn1cnccc1=NS(=O)(=O)c1cc(Cl)c(F)cc1F. The van der Waals surface area contributed by atoms with E-state index in [0.29, 0.717) is 40.7 Å². The average molecular weight is 1050 g/mol. The highest BCUT2D eigenvalue weighted by atomic mass is 35.5. The second kappa shape index (κ2) is 23.3. The average Bonchev–Trinajstić information content (AvgIpc) is 3.25. The maximum atomic E-state index is 13.9. The highest BCUT2D eigenvalue weighted by Gasteiger charge is 2.30. The van der Waals surface area contributed by atoms with Crippen molar-refractivity contribution < 1.29 is 65.8 Å². The fourth-order valence-electron chi connectivity index (χ4n) is 4.74. The summed E-state index contributed by atoms with van der Waals surface area (Å²) >= 11 is 16.5. The standard InChI is InChI=1S/3C12H10ClF2N3O3S/c1-21-7-18-3-2-12(16-6-18)17-22(19,20)11-4-8(13)9(14)5-10(11)15;1-21-7-18-6-16-3-2-12(18)17-22(19,20)11-4-8(13)9(14)5-10(11)15;1-21-7-18(12-2-3-16-6-17-12)22(19,20)11-4-8(13)9(14)5-10(11)15/h3*2-6H,7H2,1H3. The number of aromatic nitrogens is 6. The maximum absolute atomic E-state index is 13.9. The summed E-state index contributed by atoms with van der Waals surface area (Å²) < 4.78 is 179. The van der Waals surface area contributed by atoms with Gasteiger partial charge in [-0.25, -0.2) is 59.0 Å². The fraction of sp³-hybridized carbons (Fsp3) is 0.167. The molecule has 0 fully saturated rings. The van der Waals surface area contributed by atoms with Gasteiger partial charge in [-0.3, -0.25) is 4.57 Å². The molecular weight excluding hydrogens is 1020 g/mol. The molecule has 6 aromatic rings. The number of hydrogen-bond acceptors (Lipinski definition) is 13. The first kappa shape index (κ1) is 53.1. The first-order valence-corrected chi connectivity index (χ1v) is 22.9. The number of methoxy groups -OCH3 is 3. The van der Waals surface area contributed by atoms with Gasteiger partial charge in [-0.2, -0.15) is 16.8 Å². The lowest BCUT2D eigenvalue weighted by Crippen LogP contribution is -2.34. The van der Waals surface area contributed by atoms with E-state index in [1.165, 1.54) is 79.9 Å². The molecule has 0 N–H and O–H groups in total. The summed E-state index contributed by atoms with van der Waals surface area (Å²) in [5, 5.41) is -1.55. The number of halogens is 9. The highest BCUT2D eigenvalue weighted by molar-refractivity contribution is 7.92. The number of ether oxygens (including phenoxy) is 3. The van der Waals surface area contributed by atoms with E-state index < -0.39 is 101 Å². The normalized spacial score (nSPS) is 12.2. The van der Waals surface area contributed by atoms with E-state index in [0.717, 1.165) is 6.33 Å². The summed E-state index contributed by atoms with van der Waals surface area (Å²) in [5.74, 6) is -7.03. The van der Waals surface area contributed by atoms with Gasteiger partial charge in [-0.1, -0.05) is 34.8 Å². The topological polar surface area (TPSA) is 219 Å². The predicted molar refractivity (Wildman–Crippen MR) is 222 cm³/mol. The van der Waals surface area contributed by atoms with E-state index in [-0.39, 0.29) is 30.3 Å². The van der Waals surface area contributed by atoms with Crippen LogP contribution < -0.4 is 15.3 Å². The van der Waals surface area contributed by atoms with Crippen molar-refractivity contribution in [2.75, 3.05) is 32.4 Å². The van der Waals surface area contributed by atoms with Crippen LogP contribution in [0.3, 0.4) is 0 Å². The third kappa shape index (κ3) is 13.8. The molecule has 18 nitrogen and oxygen atoms in total. The Morgan fingerprint density at radius 3 is 1.61 bits per heavy atom. The molecule has 0 atom stereocenters. The molecule has 0 saturated carbocycles.